The first-order chi connectivity index (χ1) is 13.3. The Hall–Kier alpha value is -2.47. The van der Waals surface area contributed by atoms with E-state index in [0.29, 0.717) is 24.2 Å². The molecule has 1 aliphatic rings. The van der Waals surface area contributed by atoms with Crippen LogP contribution in [0.1, 0.15) is 25.1 Å². The van der Waals surface area contributed by atoms with Gasteiger partial charge in [-0.25, -0.2) is 0 Å². The lowest BCUT2D eigenvalue weighted by molar-refractivity contribution is -0.126. The van der Waals surface area contributed by atoms with Crippen LogP contribution in [-0.2, 0) is 11.3 Å². The number of halogens is 1. The number of anilines is 1. The van der Waals surface area contributed by atoms with E-state index in [0.717, 1.165) is 36.6 Å². The van der Waals surface area contributed by atoms with Gasteiger partial charge in [-0.2, -0.15) is 5.10 Å². The zero-order chi connectivity index (χ0) is 20.3. The summed E-state index contributed by atoms with van der Waals surface area (Å²) in [6, 6.07) is 7.15. The molecule has 0 atom stereocenters. The second-order valence-corrected chi connectivity index (χ2v) is 7.89. The molecule has 0 aliphatic carbocycles. The third-order valence-corrected chi connectivity index (χ3v) is 5.24. The molecule has 0 saturated carbocycles. The fraction of sp³-hybridized carbons (Fsp3) is 0.429. The number of hydrogen-bond donors (Lipinski definition) is 1. The molecule has 1 fully saturated rings. The van der Waals surface area contributed by atoms with Crippen LogP contribution >= 0.6 is 11.6 Å². The molecule has 1 N–H and O–H groups in total. The molecule has 0 radical (unpaired) electrons. The van der Waals surface area contributed by atoms with Gasteiger partial charge in [-0.15, -0.1) is 0 Å². The van der Waals surface area contributed by atoms with Crippen LogP contribution in [0.25, 0.3) is 6.08 Å². The number of amides is 1. The van der Waals surface area contributed by atoms with Gasteiger partial charge in [0.1, 0.15) is 10.9 Å². The molecule has 1 amide bonds. The summed E-state index contributed by atoms with van der Waals surface area (Å²) in [7, 11) is 0. The number of hydrogen-bond acceptors (Lipinski definition) is 4. The number of aromatic hydroxyl groups is 1. The SMILES string of the molecule is Cc1nn(CC(C)C)c(Cl)c1/C=C/C(=O)N1CCN(c2ccc(O)cc2)CC1. The van der Waals surface area contributed by atoms with Gasteiger partial charge in [0.05, 0.1) is 5.69 Å². The summed E-state index contributed by atoms with van der Waals surface area (Å²) in [6.07, 6.45) is 3.36. The predicted octanol–water partition coefficient (Wildman–Crippen LogP) is 3.57. The summed E-state index contributed by atoms with van der Waals surface area (Å²) in [5.74, 6) is 0.686. The highest BCUT2D eigenvalue weighted by Crippen LogP contribution is 2.23. The zero-order valence-corrected chi connectivity index (χ0v) is 17.4. The summed E-state index contributed by atoms with van der Waals surface area (Å²) >= 11 is 6.44. The smallest absolute Gasteiger partial charge is 0.246 e. The van der Waals surface area contributed by atoms with Gasteiger partial charge in [0, 0.05) is 50.1 Å². The van der Waals surface area contributed by atoms with Crippen LogP contribution in [0.15, 0.2) is 30.3 Å². The second kappa shape index (κ2) is 8.69. The Bertz CT molecular complexity index is 850. The van der Waals surface area contributed by atoms with E-state index in [1.807, 2.05) is 24.0 Å². The van der Waals surface area contributed by atoms with Crippen molar-refractivity contribution in [2.75, 3.05) is 31.1 Å². The lowest BCUT2D eigenvalue weighted by Gasteiger charge is -2.35. The van der Waals surface area contributed by atoms with Gasteiger partial charge >= 0.3 is 0 Å². The maximum Gasteiger partial charge on any atom is 0.246 e. The van der Waals surface area contributed by atoms with E-state index in [9.17, 15) is 9.90 Å². The minimum Gasteiger partial charge on any atom is -0.508 e. The molecule has 2 heterocycles. The fourth-order valence-corrected chi connectivity index (χ4v) is 3.64. The number of rotatable bonds is 5. The number of carbonyl (C=O) groups is 1. The molecular formula is C21H27ClN4O2. The minimum atomic E-state index is -0.0163. The van der Waals surface area contributed by atoms with Crippen molar-refractivity contribution in [3.63, 3.8) is 0 Å². The van der Waals surface area contributed by atoms with Crippen molar-refractivity contribution in [3.8, 4) is 5.75 Å². The van der Waals surface area contributed by atoms with Gasteiger partial charge in [-0.05, 0) is 43.2 Å². The zero-order valence-electron chi connectivity index (χ0n) is 16.6. The van der Waals surface area contributed by atoms with Crippen LogP contribution in [0.2, 0.25) is 5.15 Å². The number of carbonyl (C=O) groups excluding carboxylic acids is 1. The molecular weight excluding hydrogens is 376 g/mol. The molecule has 0 bridgehead atoms. The van der Waals surface area contributed by atoms with Crippen LogP contribution < -0.4 is 4.90 Å². The van der Waals surface area contributed by atoms with Crippen molar-refractivity contribution in [1.29, 1.82) is 0 Å². The van der Waals surface area contributed by atoms with E-state index in [4.69, 9.17) is 11.6 Å². The monoisotopic (exact) mass is 402 g/mol. The highest BCUT2D eigenvalue weighted by atomic mass is 35.5. The standard InChI is InChI=1S/C21H27ClN4O2/c1-15(2)14-26-21(22)19(16(3)23-26)8-9-20(28)25-12-10-24(11-13-25)17-4-6-18(27)7-5-17/h4-9,15,27H,10-14H2,1-3H3/b9-8+. The maximum absolute atomic E-state index is 12.6. The number of piperazine rings is 1. The van der Waals surface area contributed by atoms with Crippen LogP contribution in [-0.4, -0.2) is 51.9 Å². The first kappa shape index (κ1) is 20.3. The van der Waals surface area contributed by atoms with E-state index in [-0.39, 0.29) is 11.7 Å². The molecule has 2 aromatic rings. The summed E-state index contributed by atoms with van der Waals surface area (Å²) < 4.78 is 1.79. The second-order valence-electron chi connectivity index (χ2n) is 7.53. The number of aromatic nitrogens is 2. The molecule has 0 unspecified atom stereocenters. The summed E-state index contributed by atoms with van der Waals surface area (Å²) in [4.78, 5) is 16.6. The Balaban J connectivity index is 1.60. The van der Waals surface area contributed by atoms with Gasteiger partial charge in [-0.3, -0.25) is 9.48 Å². The third kappa shape index (κ3) is 4.68. The van der Waals surface area contributed by atoms with Gasteiger partial charge in [-0.1, -0.05) is 25.4 Å². The predicted molar refractivity (Wildman–Crippen MR) is 113 cm³/mol. The molecule has 3 rings (SSSR count). The van der Waals surface area contributed by atoms with Crippen molar-refractivity contribution >= 4 is 29.3 Å². The Morgan fingerprint density at radius 1 is 1.21 bits per heavy atom. The Morgan fingerprint density at radius 3 is 2.46 bits per heavy atom. The molecule has 1 saturated heterocycles. The van der Waals surface area contributed by atoms with Crippen LogP contribution in [0, 0.1) is 12.8 Å². The molecule has 1 aromatic heterocycles. The number of aryl methyl sites for hydroxylation is 1. The molecule has 1 aliphatic heterocycles. The van der Waals surface area contributed by atoms with Crippen LogP contribution in [0.5, 0.6) is 5.75 Å². The first-order valence-corrected chi connectivity index (χ1v) is 9.97. The first-order valence-electron chi connectivity index (χ1n) is 9.59. The summed E-state index contributed by atoms with van der Waals surface area (Å²) in [5.41, 5.74) is 2.69. The highest BCUT2D eigenvalue weighted by molar-refractivity contribution is 6.31. The van der Waals surface area contributed by atoms with Gasteiger partial charge in [0.25, 0.3) is 0 Å². The molecule has 6 nitrogen and oxygen atoms in total. The van der Waals surface area contributed by atoms with Gasteiger partial charge in [0.2, 0.25) is 5.91 Å². The number of phenols is 1. The number of phenolic OH excluding ortho intramolecular Hbond substituents is 1. The minimum absolute atomic E-state index is 0.0163. The maximum atomic E-state index is 12.6. The van der Waals surface area contributed by atoms with E-state index in [1.165, 1.54) is 0 Å². The van der Waals surface area contributed by atoms with Gasteiger partial charge < -0.3 is 14.9 Å². The topological polar surface area (TPSA) is 61.6 Å². The highest BCUT2D eigenvalue weighted by Gasteiger charge is 2.20. The molecule has 150 valence electrons. The van der Waals surface area contributed by atoms with Crippen molar-refractivity contribution in [2.45, 2.75) is 27.3 Å². The third-order valence-electron chi connectivity index (χ3n) is 4.85. The van der Waals surface area contributed by atoms with Crippen molar-refractivity contribution in [1.82, 2.24) is 14.7 Å². The molecule has 0 spiro atoms. The number of benzene rings is 1. The summed E-state index contributed by atoms with van der Waals surface area (Å²) in [5, 5.41) is 14.5. The lowest BCUT2D eigenvalue weighted by atomic mass is 10.2. The van der Waals surface area contributed by atoms with Crippen molar-refractivity contribution in [3.05, 3.63) is 46.8 Å². The molecule has 1 aromatic carbocycles. The normalized spacial score (nSPS) is 15.0. The average molecular weight is 403 g/mol. The Labute approximate surface area is 171 Å². The Morgan fingerprint density at radius 2 is 1.86 bits per heavy atom. The van der Waals surface area contributed by atoms with Crippen LogP contribution in [0.3, 0.4) is 0 Å². The van der Waals surface area contributed by atoms with Crippen molar-refractivity contribution < 1.29 is 9.90 Å². The average Bonchev–Trinajstić information content (AvgIpc) is 2.93. The van der Waals surface area contributed by atoms with Crippen LogP contribution in [0.4, 0.5) is 5.69 Å². The Kier molecular flexibility index (Phi) is 6.29. The van der Waals surface area contributed by atoms with E-state index >= 15 is 0 Å². The molecule has 7 heteroatoms. The quantitative estimate of drug-likeness (QED) is 0.776. The van der Waals surface area contributed by atoms with E-state index in [1.54, 1.807) is 29.0 Å². The summed E-state index contributed by atoms with van der Waals surface area (Å²) in [6.45, 7) is 9.72. The van der Waals surface area contributed by atoms with Gasteiger partial charge in [0.15, 0.2) is 0 Å². The lowest BCUT2D eigenvalue weighted by Crippen LogP contribution is -2.48. The van der Waals surface area contributed by atoms with Crippen molar-refractivity contribution in [2.24, 2.45) is 5.92 Å². The van der Waals surface area contributed by atoms with E-state index in [2.05, 4.69) is 23.8 Å². The molecule has 28 heavy (non-hydrogen) atoms. The fourth-order valence-electron chi connectivity index (χ4n) is 3.33. The largest absolute Gasteiger partial charge is 0.508 e. The van der Waals surface area contributed by atoms with E-state index < -0.39 is 0 Å². The number of nitrogens with zero attached hydrogens (tertiary/aromatic N) is 4.